The van der Waals surface area contributed by atoms with Crippen LogP contribution in [0.15, 0.2) is 10.9 Å². The van der Waals surface area contributed by atoms with Crippen LogP contribution in [-0.4, -0.2) is 36.4 Å². The molecule has 0 radical (unpaired) electrons. The molecule has 0 unspecified atom stereocenters. The molecule has 0 aliphatic heterocycles. The Morgan fingerprint density at radius 3 is 2.58 bits per heavy atom. The Morgan fingerprint density at radius 2 is 2.00 bits per heavy atom. The van der Waals surface area contributed by atoms with E-state index in [4.69, 9.17) is 0 Å². The van der Waals surface area contributed by atoms with Gasteiger partial charge in [0.05, 0.1) is 0 Å². The quantitative estimate of drug-likeness (QED) is 0.812. The zero-order chi connectivity index (χ0) is 19.0. The maximum absolute atomic E-state index is 12.5. The summed E-state index contributed by atoms with van der Waals surface area (Å²) in [7, 11) is 3.53. The van der Waals surface area contributed by atoms with Crippen LogP contribution in [0.5, 0.6) is 0 Å². The van der Waals surface area contributed by atoms with Crippen molar-refractivity contribution in [3.05, 3.63) is 44.9 Å². The zero-order valence-corrected chi connectivity index (χ0v) is 15.6. The first-order valence-electron chi connectivity index (χ1n) is 8.86. The summed E-state index contributed by atoms with van der Waals surface area (Å²) >= 11 is 0. The van der Waals surface area contributed by atoms with Gasteiger partial charge >= 0.3 is 0 Å². The van der Waals surface area contributed by atoms with Gasteiger partial charge in [-0.3, -0.25) is 9.59 Å². The summed E-state index contributed by atoms with van der Waals surface area (Å²) in [5, 5.41) is 20.2. The van der Waals surface area contributed by atoms with Gasteiger partial charge < -0.3 is 19.6 Å². The van der Waals surface area contributed by atoms with Crippen molar-refractivity contribution in [2.75, 3.05) is 0 Å². The fraction of sp³-hybridized carbons (Fsp3) is 0.556. The van der Waals surface area contributed by atoms with Crippen molar-refractivity contribution >= 4 is 5.91 Å². The van der Waals surface area contributed by atoms with E-state index in [1.54, 1.807) is 22.2 Å². The van der Waals surface area contributed by atoms with Crippen LogP contribution >= 0.6 is 0 Å². The number of aliphatic hydroxyl groups excluding tert-OH is 1. The molecule has 8 heteroatoms. The molecule has 1 saturated carbocycles. The molecule has 8 nitrogen and oxygen atoms in total. The molecule has 1 amide bonds. The lowest BCUT2D eigenvalue weighted by atomic mass is 9.79. The van der Waals surface area contributed by atoms with Crippen molar-refractivity contribution in [1.29, 1.82) is 0 Å². The lowest BCUT2D eigenvalue weighted by Gasteiger charge is -2.35. The van der Waals surface area contributed by atoms with E-state index >= 15 is 0 Å². The first-order chi connectivity index (χ1) is 12.4. The van der Waals surface area contributed by atoms with Crippen LogP contribution in [0, 0.1) is 6.92 Å². The van der Waals surface area contributed by atoms with E-state index in [0.717, 1.165) is 36.3 Å². The summed E-state index contributed by atoms with van der Waals surface area (Å²) in [4.78, 5) is 25.0. The van der Waals surface area contributed by atoms with Crippen LogP contribution in [0.25, 0.3) is 0 Å². The molecule has 0 saturated heterocycles. The van der Waals surface area contributed by atoms with Crippen molar-refractivity contribution in [2.24, 2.45) is 14.1 Å². The molecule has 3 rings (SSSR count). The Balaban J connectivity index is 1.67. The maximum Gasteiger partial charge on any atom is 0.263 e. The monoisotopic (exact) mass is 359 g/mol. The van der Waals surface area contributed by atoms with E-state index in [-0.39, 0.29) is 35.6 Å². The number of aromatic nitrogens is 4. The summed E-state index contributed by atoms with van der Waals surface area (Å²) in [6, 6.07) is 1.70. The number of carbonyl (C=O) groups excluding carboxylic acids is 1. The van der Waals surface area contributed by atoms with E-state index in [2.05, 4.69) is 15.5 Å². The van der Waals surface area contributed by atoms with E-state index in [1.165, 1.54) is 0 Å². The van der Waals surface area contributed by atoms with Crippen LogP contribution in [0.2, 0.25) is 0 Å². The minimum absolute atomic E-state index is 0.0117. The molecule has 0 spiro atoms. The number of aliphatic hydroxyl groups is 1. The third-order valence-corrected chi connectivity index (χ3v) is 5.31. The molecular formula is C18H25N5O3. The summed E-state index contributed by atoms with van der Waals surface area (Å²) in [6.45, 7) is 3.76. The average Bonchev–Trinajstić information content (AvgIpc) is 2.94. The second-order valence-corrected chi connectivity index (χ2v) is 6.94. The van der Waals surface area contributed by atoms with Crippen molar-refractivity contribution < 1.29 is 9.90 Å². The van der Waals surface area contributed by atoms with Gasteiger partial charge in [-0.2, -0.15) is 0 Å². The maximum atomic E-state index is 12.5. The molecule has 1 fully saturated rings. The number of aryl methyl sites for hydroxylation is 1. The van der Waals surface area contributed by atoms with Crippen LogP contribution in [0.3, 0.4) is 0 Å². The van der Waals surface area contributed by atoms with Crippen molar-refractivity contribution in [2.45, 2.75) is 51.7 Å². The van der Waals surface area contributed by atoms with E-state index in [0.29, 0.717) is 5.82 Å². The highest BCUT2D eigenvalue weighted by Crippen LogP contribution is 2.36. The first kappa shape index (κ1) is 18.3. The van der Waals surface area contributed by atoms with Gasteiger partial charge in [-0.1, -0.05) is 6.92 Å². The molecule has 2 N–H and O–H groups in total. The third kappa shape index (κ3) is 3.05. The predicted molar refractivity (Wildman–Crippen MR) is 96.0 cm³/mol. The molecule has 2 aromatic heterocycles. The van der Waals surface area contributed by atoms with E-state index in [1.807, 2.05) is 20.9 Å². The fourth-order valence-electron chi connectivity index (χ4n) is 3.69. The summed E-state index contributed by atoms with van der Waals surface area (Å²) in [5.74, 6) is 1.22. The molecule has 0 bridgehead atoms. The Bertz CT molecular complexity index is 893. The molecular weight excluding hydrogens is 334 g/mol. The van der Waals surface area contributed by atoms with E-state index < -0.39 is 0 Å². The highest BCUT2D eigenvalue weighted by atomic mass is 16.3. The summed E-state index contributed by atoms with van der Waals surface area (Å²) in [6.07, 6.45) is 2.24. The number of hydrogen-bond acceptors (Lipinski definition) is 5. The van der Waals surface area contributed by atoms with Crippen LogP contribution in [-0.2, 0) is 27.1 Å². The van der Waals surface area contributed by atoms with Gasteiger partial charge in [0, 0.05) is 31.7 Å². The molecule has 26 heavy (non-hydrogen) atoms. The van der Waals surface area contributed by atoms with Crippen LogP contribution in [0.4, 0.5) is 0 Å². The second-order valence-electron chi connectivity index (χ2n) is 6.94. The Kier molecular flexibility index (Phi) is 4.95. The van der Waals surface area contributed by atoms with Gasteiger partial charge in [0.2, 0.25) is 0 Å². The molecule has 2 heterocycles. The first-order valence-corrected chi connectivity index (χ1v) is 8.86. The Labute approximate surface area is 151 Å². The number of pyridine rings is 1. The molecule has 1 aliphatic carbocycles. The van der Waals surface area contributed by atoms with Gasteiger partial charge in [0.1, 0.15) is 18.0 Å². The van der Waals surface area contributed by atoms with Crippen LogP contribution < -0.4 is 10.9 Å². The van der Waals surface area contributed by atoms with Gasteiger partial charge in [0.25, 0.3) is 11.5 Å². The van der Waals surface area contributed by atoms with Gasteiger partial charge in [-0.15, -0.1) is 10.2 Å². The molecule has 140 valence electrons. The highest BCUT2D eigenvalue weighted by Gasteiger charge is 2.35. The Hall–Kier alpha value is -2.48. The normalized spacial score (nSPS) is 19.3. The standard InChI is InChI=1S/C18H25N5O3/c1-5-14-10(2)6-13(18(26)22(14)3)17(25)19-12-7-11(8-12)16-21-20-15(9-24)23(16)4/h6,11-12,24H,5,7-9H2,1-4H3,(H,19,25). The lowest BCUT2D eigenvalue weighted by molar-refractivity contribution is 0.0904. The van der Waals surface area contributed by atoms with Crippen molar-refractivity contribution in [3.8, 4) is 0 Å². The number of carbonyl (C=O) groups is 1. The highest BCUT2D eigenvalue weighted by molar-refractivity contribution is 5.94. The molecule has 0 aromatic carbocycles. The minimum atomic E-state index is -0.325. The SMILES string of the molecule is CCc1c(C)cc(C(=O)NC2CC(c3nnc(CO)n3C)C2)c(=O)n1C. The zero-order valence-electron chi connectivity index (χ0n) is 15.6. The van der Waals surface area contributed by atoms with Gasteiger partial charge in [-0.05, 0) is 37.8 Å². The van der Waals surface area contributed by atoms with Crippen molar-refractivity contribution in [1.82, 2.24) is 24.6 Å². The topological polar surface area (TPSA) is 102 Å². The number of rotatable bonds is 5. The number of amides is 1. The summed E-state index contributed by atoms with van der Waals surface area (Å²) < 4.78 is 3.36. The van der Waals surface area contributed by atoms with Crippen molar-refractivity contribution in [3.63, 3.8) is 0 Å². The fourth-order valence-corrected chi connectivity index (χ4v) is 3.69. The molecule has 1 aliphatic rings. The number of nitrogens with zero attached hydrogens (tertiary/aromatic N) is 4. The minimum Gasteiger partial charge on any atom is -0.388 e. The average molecular weight is 359 g/mol. The Morgan fingerprint density at radius 1 is 1.31 bits per heavy atom. The lowest BCUT2D eigenvalue weighted by Crippen LogP contribution is -2.45. The number of hydrogen-bond donors (Lipinski definition) is 2. The molecule has 2 aromatic rings. The third-order valence-electron chi connectivity index (χ3n) is 5.31. The summed E-state index contributed by atoms with van der Waals surface area (Å²) in [5.41, 5.74) is 1.81. The van der Waals surface area contributed by atoms with Gasteiger partial charge in [0.15, 0.2) is 5.82 Å². The van der Waals surface area contributed by atoms with Crippen LogP contribution in [0.1, 0.15) is 58.9 Å². The second kappa shape index (κ2) is 7.03. The molecule has 0 atom stereocenters. The smallest absolute Gasteiger partial charge is 0.263 e. The van der Waals surface area contributed by atoms with Gasteiger partial charge in [-0.25, -0.2) is 0 Å². The predicted octanol–water partition coefficient (Wildman–Crippen LogP) is 0.553. The van der Waals surface area contributed by atoms with E-state index in [9.17, 15) is 14.7 Å². The largest absolute Gasteiger partial charge is 0.388 e. The number of nitrogens with one attached hydrogen (secondary N) is 1.